The van der Waals surface area contributed by atoms with Crippen molar-refractivity contribution >= 4 is 7.94 Å². The van der Waals surface area contributed by atoms with Gasteiger partial charge in [0.1, 0.15) is 0 Å². The van der Waals surface area contributed by atoms with Crippen molar-refractivity contribution in [1.29, 1.82) is 0 Å². The van der Waals surface area contributed by atoms with Crippen LogP contribution in [0.1, 0.15) is 27.7 Å². The van der Waals surface area contributed by atoms with Gasteiger partial charge in [0.05, 0.1) is 0 Å². The van der Waals surface area contributed by atoms with Crippen LogP contribution in [0.25, 0.3) is 0 Å². The minimum atomic E-state index is -2.83. The molecule has 0 radical (unpaired) electrons. The van der Waals surface area contributed by atoms with Gasteiger partial charge in [-0.3, -0.25) is 0 Å². The van der Waals surface area contributed by atoms with Crippen molar-refractivity contribution < 1.29 is 13.9 Å². The van der Waals surface area contributed by atoms with Gasteiger partial charge in [0.15, 0.2) is 0 Å². The monoisotopic (exact) mass is 210 g/mol. The maximum absolute atomic E-state index is 9.71. The van der Waals surface area contributed by atoms with Crippen molar-refractivity contribution in [3.63, 3.8) is 0 Å². The first-order valence-corrected chi connectivity index (χ1v) is 7.10. The van der Waals surface area contributed by atoms with Crippen molar-refractivity contribution in [3.05, 3.63) is 0 Å². The van der Waals surface area contributed by atoms with Gasteiger partial charge in [-0.15, -0.1) is 0 Å². The molecule has 0 unspecified atom stereocenters. The van der Waals surface area contributed by atoms with Crippen molar-refractivity contribution in [3.8, 4) is 0 Å². The Morgan fingerprint density at radius 2 is 1.31 bits per heavy atom. The van der Waals surface area contributed by atoms with Crippen molar-refractivity contribution in [2.75, 3.05) is 19.9 Å². The molecule has 13 heavy (non-hydrogen) atoms. The maximum atomic E-state index is 9.71. The second-order valence-corrected chi connectivity index (χ2v) is 6.68. The zero-order chi connectivity index (χ0) is 10.5. The fourth-order valence-corrected chi connectivity index (χ4v) is 2.05. The average Bonchev–Trinajstić information content (AvgIpc) is 1.98. The van der Waals surface area contributed by atoms with E-state index in [0.29, 0.717) is 25.0 Å². The van der Waals surface area contributed by atoms with Crippen molar-refractivity contribution in [1.82, 2.24) is 0 Å². The molecule has 4 heteroatoms. The quantitative estimate of drug-likeness (QED) is 0.684. The number of hydrogen-bond donors (Lipinski definition) is 1. The molecular formula is C9H23O3P. The van der Waals surface area contributed by atoms with Crippen LogP contribution in [-0.4, -0.2) is 24.8 Å². The molecule has 0 aliphatic carbocycles. The fourth-order valence-electron chi connectivity index (χ4n) is 0.684. The van der Waals surface area contributed by atoms with Gasteiger partial charge in [0, 0.05) is 0 Å². The summed E-state index contributed by atoms with van der Waals surface area (Å²) in [7, 11) is -2.83. The Morgan fingerprint density at radius 3 is 1.54 bits per heavy atom. The van der Waals surface area contributed by atoms with Gasteiger partial charge in [-0.2, -0.15) is 0 Å². The molecule has 3 nitrogen and oxygen atoms in total. The molecule has 0 aromatic heterocycles. The zero-order valence-electron chi connectivity index (χ0n) is 9.33. The van der Waals surface area contributed by atoms with E-state index in [2.05, 4.69) is 0 Å². The van der Waals surface area contributed by atoms with E-state index in [1.165, 1.54) is 0 Å². The molecular weight excluding hydrogens is 187 g/mol. The third kappa shape index (κ3) is 8.63. The Morgan fingerprint density at radius 1 is 1.00 bits per heavy atom. The molecule has 0 heterocycles. The molecule has 0 aliphatic rings. The molecule has 0 aliphatic heterocycles. The predicted molar refractivity (Wildman–Crippen MR) is 58.0 cm³/mol. The summed E-state index contributed by atoms with van der Waals surface area (Å²) in [5.41, 5.74) is 0. The molecule has 0 aromatic rings. The van der Waals surface area contributed by atoms with Gasteiger partial charge in [0.2, 0.25) is 0 Å². The summed E-state index contributed by atoms with van der Waals surface area (Å²) in [5.74, 6) is 0.864. The topological polar surface area (TPSA) is 38.7 Å². The molecule has 1 N–H and O–H groups in total. The molecule has 0 bridgehead atoms. The molecule has 0 aromatic carbocycles. The summed E-state index contributed by atoms with van der Waals surface area (Å²) >= 11 is 0. The van der Waals surface area contributed by atoms with E-state index in [4.69, 9.17) is 9.05 Å². The summed E-state index contributed by atoms with van der Waals surface area (Å²) in [4.78, 5) is 9.71. The summed E-state index contributed by atoms with van der Waals surface area (Å²) < 4.78 is 10.6. The first-order valence-electron chi connectivity index (χ1n) is 4.84. The van der Waals surface area contributed by atoms with Gasteiger partial charge < -0.3 is 0 Å². The van der Waals surface area contributed by atoms with Crippen LogP contribution in [0.15, 0.2) is 0 Å². The van der Waals surface area contributed by atoms with Crippen LogP contribution in [0, 0.1) is 11.8 Å². The standard InChI is InChI=1S/C9H23O3P/c1-8(2)6-11-13(5,10)12-7-9(3)4/h8-10,13H,6-7H2,1-5H3. The summed E-state index contributed by atoms with van der Waals surface area (Å²) in [6.07, 6.45) is 0. The third-order valence-corrected chi connectivity index (χ3v) is 2.77. The van der Waals surface area contributed by atoms with E-state index in [0.717, 1.165) is 0 Å². The van der Waals surface area contributed by atoms with Crippen LogP contribution in [0.4, 0.5) is 0 Å². The van der Waals surface area contributed by atoms with E-state index in [9.17, 15) is 4.89 Å². The Hall–Kier alpha value is 0.310. The predicted octanol–water partition coefficient (Wildman–Crippen LogP) is 2.45. The first-order chi connectivity index (χ1) is 5.83. The SMILES string of the molecule is CC(C)CO[PH](C)(O)OCC(C)C. The molecule has 0 amide bonds. The molecule has 0 spiro atoms. The average molecular weight is 210 g/mol. The van der Waals surface area contributed by atoms with Gasteiger partial charge in [-0.1, -0.05) is 0 Å². The number of rotatable bonds is 6. The van der Waals surface area contributed by atoms with Crippen LogP contribution in [0.5, 0.6) is 0 Å². The second kappa shape index (κ2) is 5.92. The summed E-state index contributed by atoms with van der Waals surface area (Å²) in [6, 6.07) is 0. The summed E-state index contributed by atoms with van der Waals surface area (Å²) in [6.45, 7) is 11.0. The van der Waals surface area contributed by atoms with E-state index in [1.807, 2.05) is 27.7 Å². The van der Waals surface area contributed by atoms with E-state index >= 15 is 0 Å². The molecule has 0 fully saturated rings. The molecule has 0 saturated heterocycles. The van der Waals surface area contributed by atoms with Crippen LogP contribution >= 0.6 is 7.94 Å². The van der Waals surface area contributed by atoms with E-state index < -0.39 is 7.94 Å². The summed E-state index contributed by atoms with van der Waals surface area (Å²) in [5, 5.41) is 0. The minimum absolute atomic E-state index is 0.432. The van der Waals surface area contributed by atoms with Crippen LogP contribution in [-0.2, 0) is 9.05 Å². The first kappa shape index (κ1) is 13.3. The Kier molecular flexibility index (Phi) is 6.06. The molecule has 82 valence electrons. The molecule has 0 rings (SSSR count). The van der Waals surface area contributed by atoms with E-state index in [1.54, 1.807) is 6.66 Å². The van der Waals surface area contributed by atoms with Gasteiger partial charge in [0.25, 0.3) is 0 Å². The Bertz CT molecular complexity index is 121. The molecule has 0 saturated carbocycles. The Balaban J connectivity index is 3.66. The zero-order valence-corrected chi connectivity index (χ0v) is 10.3. The van der Waals surface area contributed by atoms with Crippen molar-refractivity contribution in [2.24, 2.45) is 11.8 Å². The third-order valence-electron chi connectivity index (χ3n) is 1.37. The van der Waals surface area contributed by atoms with E-state index in [-0.39, 0.29) is 0 Å². The van der Waals surface area contributed by atoms with Crippen molar-refractivity contribution in [2.45, 2.75) is 27.7 Å². The second-order valence-electron chi connectivity index (χ2n) is 4.31. The Labute approximate surface area is 82.0 Å². The van der Waals surface area contributed by atoms with Crippen LogP contribution < -0.4 is 0 Å². The number of hydrogen-bond acceptors (Lipinski definition) is 3. The van der Waals surface area contributed by atoms with Gasteiger partial charge in [-0.05, 0) is 0 Å². The normalized spacial score (nSPS) is 14.2. The van der Waals surface area contributed by atoms with Crippen LogP contribution in [0.3, 0.4) is 0 Å². The van der Waals surface area contributed by atoms with Crippen LogP contribution in [0.2, 0.25) is 0 Å². The van der Waals surface area contributed by atoms with Gasteiger partial charge >= 0.3 is 81.3 Å². The fraction of sp³-hybridized carbons (Fsp3) is 1.00. The molecule has 0 atom stereocenters. The van der Waals surface area contributed by atoms with Gasteiger partial charge in [-0.25, -0.2) is 0 Å².